The highest BCUT2D eigenvalue weighted by atomic mass is 32.2. The zero-order valence-corrected chi connectivity index (χ0v) is 26.0. The summed E-state index contributed by atoms with van der Waals surface area (Å²) in [5.41, 5.74) is 4.45. The quantitative estimate of drug-likeness (QED) is 0.192. The molecule has 0 bridgehead atoms. The van der Waals surface area contributed by atoms with E-state index in [0.29, 0.717) is 23.2 Å². The topological polar surface area (TPSA) is 92.5 Å². The second-order valence-electron chi connectivity index (χ2n) is 11.1. The van der Waals surface area contributed by atoms with Crippen LogP contribution in [0.25, 0.3) is 17.1 Å². The normalized spacial score (nSPS) is 14.5. The molecule has 0 saturated carbocycles. The van der Waals surface area contributed by atoms with E-state index >= 15 is 0 Å². The van der Waals surface area contributed by atoms with E-state index in [0.717, 1.165) is 59.3 Å². The molecule has 0 atom stereocenters. The summed E-state index contributed by atoms with van der Waals surface area (Å²) in [5.74, 6) is 0.812. The Balaban J connectivity index is 1.14. The van der Waals surface area contributed by atoms with Crippen LogP contribution in [0.2, 0.25) is 0 Å². The number of halogens is 3. The van der Waals surface area contributed by atoms with Crippen molar-refractivity contribution in [3.63, 3.8) is 0 Å². The van der Waals surface area contributed by atoms with Crippen LogP contribution >= 0.6 is 11.8 Å². The summed E-state index contributed by atoms with van der Waals surface area (Å²) in [7, 11) is 0. The fraction of sp³-hybridized carbons (Fsp3) is 0.303. The number of hydrogen-bond acceptors (Lipinski definition) is 5. The number of carbonyl (C=O) groups is 2. The summed E-state index contributed by atoms with van der Waals surface area (Å²) in [6, 6.07) is 18.0. The maximum Gasteiger partial charge on any atom is 0.416 e. The van der Waals surface area contributed by atoms with Crippen LogP contribution in [-0.2, 0) is 17.4 Å². The first-order chi connectivity index (χ1) is 21.5. The van der Waals surface area contributed by atoms with E-state index in [1.807, 2.05) is 49.4 Å². The summed E-state index contributed by atoms with van der Waals surface area (Å²) in [4.78, 5) is 35.5. The molecule has 2 heterocycles. The fourth-order valence-corrected chi connectivity index (χ4v) is 5.84. The number of unbranched alkanes of at least 4 members (excludes halogenated alkanes) is 1. The molecule has 0 unspecified atom stereocenters. The average Bonchev–Trinajstić information content (AvgIpc) is 3.64. The molecule has 1 fully saturated rings. The Bertz CT molecular complexity index is 1720. The predicted octanol–water partition coefficient (Wildman–Crippen LogP) is 7.55. The Kier molecular flexibility index (Phi) is 9.71. The molecule has 4 aromatic rings. The number of benzene rings is 3. The summed E-state index contributed by atoms with van der Waals surface area (Å²) >= 11 is 1.26. The molecule has 1 N–H and O–H groups in total. The van der Waals surface area contributed by atoms with Crippen molar-refractivity contribution in [2.75, 3.05) is 17.2 Å². The maximum atomic E-state index is 12.9. The highest BCUT2D eigenvalue weighted by Crippen LogP contribution is 2.34. The molecule has 8 nitrogen and oxygen atoms in total. The molecular weight excluding hydrogens is 601 g/mol. The molecular formula is C33H33F3N6O2S. The molecule has 234 valence electrons. The minimum atomic E-state index is -4.40. The Morgan fingerprint density at radius 1 is 1.07 bits per heavy atom. The lowest BCUT2D eigenvalue weighted by Gasteiger charge is -2.22. The Labute approximate surface area is 263 Å². The number of nitrogens with one attached hydrogen (secondary N) is 1. The first kappa shape index (κ1) is 32.0. The maximum absolute atomic E-state index is 12.9. The molecule has 3 aromatic carbocycles. The predicted molar refractivity (Wildman–Crippen MR) is 171 cm³/mol. The molecule has 5 rings (SSSR count). The second-order valence-corrected chi connectivity index (χ2v) is 12.0. The Morgan fingerprint density at radius 3 is 2.58 bits per heavy atom. The third kappa shape index (κ3) is 7.80. The fourth-order valence-electron chi connectivity index (χ4n) is 4.98. The van der Waals surface area contributed by atoms with Crippen LogP contribution in [0.5, 0.6) is 0 Å². The lowest BCUT2D eigenvalue weighted by Crippen LogP contribution is -2.32. The van der Waals surface area contributed by atoms with Crippen molar-refractivity contribution in [2.24, 2.45) is 4.99 Å². The van der Waals surface area contributed by atoms with Crippen LogP contribution in [-0.4, -0.2) is 44.2 Å². The summed E-state index contributed by atoms with van der Waals surface area (Å²) in [6.07, 6.45) is -0.618. The molecule has 12 heteroatoms. The van der Waals surface area contributed by atoms with Crippen LogP contribution in [0.4, 0.5) is 23.7 Å². The van der Waals surface area contributed by atoms with Crippen LogP contribution in [0.3, 0.4) is 0 Å². The summed E-state index contributed by atoms with van der Waals surface area (Å²) in [6.45, 7) is 6.55. The van der Waals surface area contributed by atoms with Gasteiger partial charge in [0.15, 0.2) is 11.0 Å². The second kappa shape index (κ2) is 13.7. The highest BCUT2D eigenvalue weighted by molar-refractivity contribution is 8.15. The molecule has 0 radical (unpaired) electrons. The molecule has 1 aliphatic rings. The van der Waals surface area contributed by atoms with Gasteiger partial charge >= 0.3 is 12.2 Å². The third-order valence-corrected chi connectivity index (χ3v) is 8.24. The van der Waals surface area contributed by atoms with Crippen molar-refractivity contribution in [3.05, 3.63) is 95.3 Å². The molecule has 1 aromatic heterocycles. The molecule has 0 aliphatic carbocycles. The average molecular weight is 635 g/mol. The number of hydrogen-bond donors (Lipinski definition) is 1. The first-order valence-electron chi connectivity index (χ1n) is 14.6. The summed E-state index contributed by atoms with van der Waals surface area (Å²) < 4.78 is 40.1. The Morgan fingerprint density at radius 2 is 1.84 bits per heavy atom. The van der Waals surface area contributed by atoms with Crippen molar-refractivity contribution in [1.29, 1.82) is 0 Å². The number of amidine groups is 1. The van der Waals surface area contributed by atoms with Gasteiger partial charge in [-0.3, -0.25) is 9.69 Å². The van der Waals surface area contributed by atoms with E-state index in [2.05, 4.69) is 34.2 Å². The van der Waals surface area contributed by atoms with Gasteiger partial charge in [-0.15, -0.1) is 5.10 Å². The number of carbonyl (C=O) groups excluding carboxylic acids is 2. The lowest BCUT2D eigenvalue weighted by atomic mass is 9.99. The van der Waals surface area contributed by atoms with Gasteiger partial charge < -0.3 is 5.32 Å². The van der Waals surface area contributed by atoms with Gasteiger partial charge in [-0.25, -0.2) is 14.5 Å². The molecule has 45 heavy (non-hydrogen) atoms. The van der Waals surface area contributed by atoms with Crippen LogP contribution in [0.15, 0.2) is 78.0 Å². The number of amides is 3. The van der Waals surface area contributed by atoms with Gasteiger partial charge in [-0.2, -0.15) is 18.2 Å². The van der Waals surface area contributed by atoms with E-state index in [-0.39, 0.29) is 17.6 Å². The zero-order chi connectivity index (χ0) is 32.1. The van der Waals surface area contributed by atoms with Crippen molar-refractivity contribution >= 4 is 34.6 Å². The van der Waals surface area contributed by atoms with E-state index in [9.17, 15) is 22.8 Å². The minimum Gasteiger partial charge on any atom is -0.336 e. The lowest BCUT2D eigenvalue weighted by molar-refractivity contribution is -0.137. The summed E-state index contributed by atoms with van der Waals surface area (Å²) in [5, 5.41) is 7.66. The van der Waals surface area contributed by atoms with Gasteiger partial charge in [0, 0.05) is 12.1 Å². The minimum absolute atomic E-state index is 0.0946. The van der Waals surface area contributed by atoms with Gasteiger partial charge in [0.2, 0.25) is 5.91 Å². The standard InChI is InChI=1S/C33H33F3N6O2S/c1-21(2)27-15-10-22(3)17-28(27)42-29(43)19-45-32(42)39-31(44)37-16-5-4-7-23-8-6-9-24(18-23)30-38-20-41(40-30)26-13-11-25(12-14-26)33(34,35)36/h6,8-15,17-18,20-21H,4-5,7,16,19H2,1-3H3,(H,37,44)/b39-32-. The number of nitrogens with zero attached hydrogens (tertiary/aromatic N) is 5. The SMILES string of the molecule is Cc1ccc(C(C)C)c(N2C(=O)CS/C2=N\C(=O)NCCCCc2cccc(-c3ncn(-c4ccc(C(F)(F)F)cc4)n3)c2)c1. The van der Waals surface area contributed by atoms with Crippen molar-refractivity contribution < 1.29 is 22.8 Å². The van der Waals surface area contributed by atoms with Gasteiger partial charge in [-0.1, -0.05) is 55.9 Å². The molecule has 1 aliphatic heterocycles. The third-order valence-electron chi connectivity index (χ3n) is 7.32. The van der Waals surface area contributed by atoms with Gasteiger partial charge in [0.1, 0.15) is 6.33 Å². The molecule has 0 spiro atoms. The van der Waals surface area contributed by atoms with Crippen LogP contribution in [0.1, 0.15) is 54.9 Å². The van der Waals surface area contributed by atoms with Crippen LogP contribution in [0, 0.1) is 6.92 Å². The van der Waals surface area contributed by atoms with Gasteiger partial charge in [0.25, 0.3) is 0 Å². The number of aryl methyl sites for hydroxylation is 2. The first-order valence-corrected chi connectivity index (χ1v) is 15.6. The van der Waals surface area contributed by atoms with Gasteiger partial charge in [-0.05, 0) is 85.2 Å². The highest BCUT2D eigenvalue weighted by Gasteiger charge is 2.32. The number of thioether (sulfide) groups is 1. The van der Waals surface area contributed by atoms with Crippen molar-refractivity contribution in [1.82, 2.24) is 20.1 Å². The zero-order valence-electron chi connectivity index (χ0n) is 25.1. The number of urea groups is 1. The molecule has 3 amide bonds. The number of anilines is 1. The van der Waals surface area contributed by atoms with Gasteiger partial charge in [0.05, 0.1) is 22.7 Å². The van der Waals surface area contributed by atoms with Crippen LogP contribution < -0.4 is 10.2 Å². The smallest absolute Gasteiger partial charge is 0.336 e. The monoisotopic (exact) mass is 634 g/mol. The number of alkyl halides is 3. The van der Waals surface area contributed by atoms with E-state index in [4.69, 9.17) is 0 Å². The van der Waals surface area contributed by atoms with E-state index in [1.54, 1.807) is 4.90 Å². The van der Waals surface area contributed by atoms with Crippen molar-refractivity contribution in [3.8, 4) is 17.1 Å². The molecule has 1 saturated heterocycles. The largest absolute Gasteiger partial charge is 0.416 e. The number of rotatable bonds is 9. The Hall–Kier alpha value is -4.45. The number of aromatic nitrogens is 3. The van der Waals surface area contributed by atoms with E-state index < -0.39 is 17.8 Å². The van der Waals surface area contributed by atoms with E-state index in [1.165, 1.54) is 34.9 Å². The number of aliphatic imine (C=N–C) groups is 1. The van der Waals surface area contributed by atoms with Crippen molar-refractivity contribution in [2.45, 2.75) is 52.1 Å².